The Morgan fingerprint density at radius 3 is 2.31 bits per heavy atom. The highest BCUT2D eigenvalue weighted by atomic mass is 16.5. The molecule has 1 unspecified atom stereocenters. The van der Waals surface area contributed by atoms with Crippen molar-refractivity contribution in [2.75, 3.05) is 41.5 Å². The SMILES string of the molecule is CCC(CNC(=NC)NCc1cc(OC)c(OC)c(OC)c1)N1CCc2ccccc2C1. The monoisotopic (exact) mass is 440 g/mol. The highest BCUT2D eigenvalue weighted by molar-refractivity contribution is 5.79. The maximum Gasteiger partial charge on any atom is 0.203 e. The summed E-state index contributed by atoms with van der Waals surface area (Å²) in [7, 11) is 6.65. The summed E-state index contributed by atoms with van der Waals surface area (Å²) >= 11 is 0. The average Bonchev–Trinajstić information content (AvgIpc) is 2.85. The topological polar surface area (TPSA) is 67.4 Å². The molecule has 1 heterocycles. The third kappa shape index (κ3) is 5.65. The van der Waals surface area contributed by atoms with E-state index in [0.29, 0.717) is 29.8 Å². The first-order valence-corrected chi connectivity index (χ1v) is 11.2. The molecule has 1 atom stereocenters. The smallest absolute Gasteiger partial charge is 0.203 e. The number of ether oxygens (including phenoxy) is 3. The highest BCUT2D eigenvalue weighted by Gasteiger charge is 2.22. The molecule has 7 heteroatoms. The lowest BCUT2D eigenvalue weighted by Gasteiger charge is -2.35. The molecule has 1 aliphatic heterocycles. The number of rotatable bonds is 9. The number of nitrogens with one attached hydrogen (secondary N) is 2. The summed E-state index contributed by atoms with van der Waals surface area (Å²) in [5, 5.41) is 6.89. The Hall–Kier alpha value is -2.93. The number of hydrogen-bond donors (Lipinski definition) is 2. The Kier molecular flexibility index (Phi) is 8.62. The zero-order chi connectivity index (χ0) is 22.9. The molecule has 0 fully saturated rings. The van der Waals surface area contributed by atoms with Gasteiger partial charge in [0.05, 0.1) is 21.3 Å². The largest absolute Gasteiger partial charge is 0.493 e. The van der Waals surface area contributed by atoms with Crippen LogP contribution >= 0.6 is 0 Å². The van der Waals surface area contributed by atoms with Crippen LogP contribution in [0.1, 0.15) is 30.0 Å². The van der Waals surface area contributed by atoms with Crippen molar-refractivity contribution in [3.8, 4) is 17.2 Å². The molecule has 7 nitrogen and oxygen atoms in total. The number of nitrogens with zero attached hydrogens (tertiary/aromatic N) is 2. The molecule has 0 saturated heterocycles. The fourth-order valence-corrected chi connectivity index (χ4v) is 4.22. The number of guanidine groups is 1. The Bertz CT molecular complexity index is 891. The first kappa shape index (κ1) is 23.7. The lowest BCUT2D eigenvalue weighted by atomic mass is 9.98. The summed E-state index contributed by atoms with van der Waals surface area (Å²) in [5.41, 5.74) is 3.94. The molecular formula is C25H36N4O3. The van der Waals surface area contributed by atoms with Crippen molar-refractivity contribution < 1.29 is 14.2 Å². The van der Waals surface area contributed by atoms with Gasteiger partial charge in [-0.1, -0.05) is 31.2 Å². The van der Waals surface area contributed by atoms with Gasteiger partial charge in [-0.2, -0.15) is 0 Å². The molecule has 32 heavy (non-hydrogen) atoms. The van der Waals surface area contributed by atoms with Gasteiger partial charge >= 0.3 is 0 Å². The predicted octanol–water partition coefficient (Wildman–Crippen LogP) is 3.21. The Labute approximate surface area is 191 Å². The molecule has 174 valence electrons. The molecular weight excluding hydrogens is 404 g/mol. The third-order valence-corrected chi connectivity index (χ3v) is 6.06. The zero-order valence-electron chi connectivity index (χ0n) is 19.9. The second-order valence-corrected chi connectivity index (χ2v) is 7.89. The van der Waals surface area contributed by atoms with E-state index < -0.39 is 0 Å². The fraction of sp³-hybridized carbons (Fsp3) is 0.480. The maximum absolute atomic E-state index is 5.45. The van der Waals surface area contributed by atoms with E-state index in [-0.39, 0.29) is 0 Å². The molecule has 2 aromatic carbocycles. The number of benzene rings is 2. The van der Waals surface area contributed by atoms with Crippen LogP contribution in [0.3, 0.4) is 0 Å². The molecule has 0 bridgehead atoms. The van der Waals surface area contributed by atoms with Gasteiger partial charge in [0.15, 0.2) is 17.5 Å². The van der Waals surface area contributed by atoms with Crippen LogP contribution in [0.15, 0.2) is 41.4 Å². The van der Waals surface area contributed by atoms with E-state index in [1.807, 2.05) is 12.1 Å². The molecule has 0 amide bonds. The first-order valence-electron chi connectivity index (χ1n) is 11.2. The Balaban J connectivity index is 1.58. The van der Waals surface area contributed by atoms with E-state index in [1.54, 1.807) is 28.4 Å². The fourth-order valence-electron chi connectivity index (χ4n) is 4.22. The average molecular weight is 441 g/mol. The lowest BCUT2D eigenvalue weighted by Crippen LogP contribution is -2.48. The third-order valence-electron chi connectivity index (χ3n) is 6.06. The van der Waals surface area contributed by atoms with Gasteiger partial charge in [0.2, 0.25) is 5.75 Å². The van der Waals surface area contributed by atoms with Crippen LogP contribution in [0, 0.1) is 0 Å². The van der Waals surface area contributed by atoms with Crippen molar-refractivity contribution in [1.82, 2.24) is 15.5 Å². The van der Waals surface area contributed by atoms with Crippen molar-refractivity contribution in [2.45, 2.75) is 38.9 Å². The summed E-state index contributed by atoms with van der Waals surface area (Å²) in [5.74, 6) is 2.65. The van der Waals surface area contributed by atoms with E-state index in [0.717, 1.165) is 44.0 Å². The molecule has 0 aliphatic carbocycles. The quantitative estimate of drug-likeness (QED) is 0.461. The number of aliphatic imine (C=N–C) groups is 1. The first-order chi connectivity index (χ1) is 15.6. The van der Waals surface area contributed by atoms with Gasteiger partial charge in [-0.15, -0.1) is 0 Å². The van der Waals surface area contributed by atoms with E-state index in [9.17, 15) is 0 Å². The van der Waals surface area contributed by atoms with Crippen LogP contribution in [0.25, 0.3) is 0 Å². The zero-order valence-corrected chi connectivity index (χ0v) is 19.9. The van der Waals surface area contributed by atoms with Gasteiger partial charge in [0.25, 0.3) is 0 Å². The van der Waals surface area contributed by atoms with Gasteiger partial charge in [-0.3, -0.25) is 9.89 Å². The molecule has 1 aliphatic rings. The van der Waals surface area contributed by atoms with Crippen LogP contribution in [0.4, 0.5) is 0 Å². The summed E-state index contributed by atoms with van der Waals surface area (Å²) in [6, 6.07) is 13.1. The summed E-state index contributed by atoms with van der Waals surface area (Å²) in [6.45, 7) is 5.78. The van der Waals surface area contributed by atoms with Crippen molar-refractivity contribution in [3.63, 3.8) is 0 Å². The predicted molar refractivity (Wildman–Crippen MR) is 129 cm³/mol. The minimum Gasteiger partial charge on any atom is -0.493 e. The number of hydrogen-bond acceptors (Lipinski definition) is 5. The number of methoxy groups -OCH3 is 3. The summed E-state index contributed by atoms with van der Waals surface area (Å²) < 4.78 is 16.3. The molecule has 0 radical (unpaired) electrons. The van der Waals surface area contributed by atoms with Crippen molar-refractivity contribution in [1.29, 1.82) is 0 Å². The molecule has 0 aromatic heterocycles. The van der Waals surface area contributed by atoms with Crippen molar-refractivity contribution >= 4 is 5.96 Å². The maximum atomic E-state index is 5.45. The second-order valence-electron chi connectivity index (χ2n) is 7.89. The van der Waals surface area contributed by atoms with Crippen LogP contribution in [-0.4, -0.2) is 58.4 Å². The van der Waals surface area contributed by atoms with E-state index in [1.165, 1.54) is 11.1 Å². The normalized spacial score (nSPS) is 15.0. The Morgan fingerprint density at radius 1 is 1.03 bits per heavy atom. The lowest BCUT2D eigenvalue weighted by molar-refractivity contribution is 0.174. The van der Waals surface area contributed by atoms with Crippen LogP contribution in [0.2, 0.25) is 0 Å². The minimum absolute atomic E-state index is 0.447. The van der Waals surface area contributed by atoms with Gasteiger partial charge in [0.1, 0.15) is 0 Å². The standard InChI is InChI=1S/C25H36N4O3/c1-6-21(29-12-11-19-9-7-8-10-20(19)17-29)16-28-25(26-2)27-15-18-13-22(30-3)24(32-5)23(14-18)31-4/h7-10,13-14,21H,6,11-12,15-17H2,1-5H3,(H2,26,27,28). The molecule has 2 aromatic rings. The van der Waals surface area contributed by atoms with Gasteiger partial charge in [0, 0.05) is 39.3 Å². The van der Waals surface area contributed by atoms with E-state index in [2.05, 4.69) is 51.7 Å². The van der Waals surface area contributed by atoms with Crippen molar-refractivity contribution in [3.05, 3.63) is 53.1 Å². The van der Waals surface area contributed by atoms with Crippen LogP contribution < -0.4 is 24.8 Å². The van der Waals surface area contributed by atoms with Gasteiger partial charge < -0.3 is 24.8 Å². The number of fused-ring (bicyclic) bond motifs is 1. The molecule has 0 spiro atoms. The van der Waals surface area contributed by atoms with Crippen LogP contribution in [-0.2, 0) is 19.5 Å². The Morgan fingerprint density at radius 2 is 1.72 bits per heavy atom. The second kappa shape index (κ2) is 11.6. The van der Waals surface area contributed by atoms with E-state index in [4.69, 9.17) is 14.2 Å². The van der Waals surface area contributed by atoms with Crippen molar-refractivity contribution in [2.24, 2.45) is 4.99 Å². The van der Waals surface area contributed by atoms with Gasteiger partial charge in [-0.05, 0) is 41.7 Å². The molecule has 0 saturated carbocycles. The summed E-state index contributed by atoms with van der Waals surface area (Å²) in [4.78, 5) is 6.97. The molecule has 2 N–H and O–H groups in total. The summed E-state index contributed by atoms with van der Waals surface area (Å²) in [6.07, 6.45) is 2.19. The van der Waals surface area contributed by atoms with E-state index >= 15 is 0 Å². The highest BCUT2D eigenvalue weighted by Crippen LogP contribution is 2.38. The van der Waals surface area contributed by atoms with Gasteiger partial charge in [-0.25, -0.2) is 0 Å². The van der Waals surface area contributed by atoms with Crippen LogP contribution in [0.5, 0.6) is 17.2 Å². The minimum atomic E-state index is 0.447. The molecule has 3 rings (SSSR count).